The molecule has 158 valence electrons. The Balaban J connectivity index is 2.83. The van der Waals surface area contributed by atoms with Gasteiger partial charge in [0.25, 0.3) is 0 Å². The van der Waals surface area contributed by atoms with Gasteiger partial charge in [-0.2, -0.15) is 0 Å². The summed E-state index contributed by atoms with van der Waals surface area (Å²) in [6, 6.07) is -2.87. The summed E-state index contributed by atoms with van der Waals surface area (Å²) in [5, 5.41) is 14.3. The van der Waals surface area contributed by atoms with Crippen molar-refractivity contribution >= 4 is 29.6 Å². The third-order valence-corrected chi connectivity index (χ3v) is 4.59. The molecule has 0 aromatic carbocycles. The fourth-order valence-electron chi connectivity index (χ4n) is 3.20. The number of carbonyl (C=O) groups is 5. The molecule has 0 spiro atoms. The fourth-order valence-corrected chi connectivity index (χ4v) is 3.20. The minimum atomic E-state index is -1.29. The number of nitrogens with zero attached hydrogens (tertiary/aromatic N) is 1. The molecular weight excluding hydrogens is 368 g/mol. The van der Waals surface area contributed by atoms with Crippen LogP contribution in [0.15, 0.2) is 0 Å². The first kappa shape index (κ1) is 23.4. The summed E-state index contributed by atoms with van der Waals surface area (Å²) < 4.78 is 0. The highest BCUT2D eigenvalue weighted by Gasteiger charge is 2.35. The zero-order chi connectivity index (χ0) is 21.4. The molecule has 1 rings (SSSR count). The van der Waals surface area contributed by atoms with Gasteiger partial charge in [-0.25, -0.2) is 4.79 Å². The number of likely N-dealkylation sites (tertiary alicyclic amines) is 1. The van der Waals surface area contributed by atoms with Crippen molar-refractivity contribution in [1.82, 2.24) is 15.5 Å². The molecule has 1 saturated heterocycles. The van der Waals surface area contributed by atoms with Crippen LogP contribution in [-0.4, -0.2) is 64.3 Å². The van der Waals surface area contributed by atoms with Gasteiger partial charge in [-0.15, -0.1) is 0 Å². The Labute approximate surface area is 164 Å². The van der Waals surface area contributed by atoms with Gasteiger partial charge in [0.2, 0.25) is 23.6 Å². The Kier molecular flexibility index (Phi) is 8.87. The van der Waals surface area contributed by atoms with E-state index >= 15 is 0 Å². The summed E-state index contributed by atoms with van der Waals surface area (Å²) in [4.78, 5) is 60.6. The number of carboxylic acids is 1. The number of aliphatic carboxylic acids is 1. The molecule has 10 heteroatoms. The second-order valence-corrected chi connectivity index (χ2v) is 7.47. The molecule has 1 aliphatic heterocycles. The van der Waals surface area contributed by atoms with Gasteiger partial charge in [0.15, 0.2) is 0 Å². The summed E-state index contributed by atoms with van der Waals surface area (Å²) in [7, 11) is 0. The largest absolute Gasteiger partial charge is 0.480 e. The van der Waals surface area contributed by atoms with Crippen LogP contribution in [0.3, 0.4) is 0 Å². The number of primary amides is 1. The van der Waals surface area contributed by atoms with Gasteiger partial charge in [0.1, 0.15) is 18.1 Å². The molecule has 0 aliphatic carbocycles. The van der Waals surface area contributed by atoms with Crippen LogP contribution in [0.1, 0.15) is 52.9 Å². The highest BCUT2D eigenvalue weighted by atomic mass is 16.4. The van der Waals surface area contributed by atoms with Gasteiger partial charge >= 0.3 is 5.97 Å². The lowest BCUT2D eigenvalue weighted by Crippen LogP contribution is -2.55. The average Bonchev–Trinajstić information content (AvgIpc) is 3.06. The maximum Gasteiger partial charge on any atom is 0.326 e. The number of rotatable bonds is 10. The monoisotopic (exact) mass is 398 g/mol. The van der Waals surface area contributed by atoms with Crippen molar-refractivity contribution < 1.29 is 29.1 Å². The smallest absolute Gasteiger partial charge is 0.326 e. The van der Waals surface area contributed by atoms with E-state index < -0.39 is 41.8 Å². The van der Waals surface area contributed by atoms with Crippen molar-refractivity contribution in [3.05, 3.63) is 0 Å². The van der Waals surface area contributed by atoms with Crippen LogP contribution < -0.4 is 16.4 Å². The first-order valence-corrected chi connectivity index (χ1v) is 9.42. The molecule has 5 N–H and O–H groups in total. The number of nitrogens with one attached hydrogen (secondary N) is 2. The Morgan fingerprint density at radius 3 is 2.29 bits per heavy atom. The molecule has 1 fully saturated rings. The van der Waals surface area contributed by atoms with Crippen molar-refractivity contribution in [2.24, 2.45) is 11.7 Å². The van der Waals surface area contributed by atoms with Crippen LogP contribution in [0.4, 0.5) is 0 Å². The number of hydrogen-bond donors (Lipinski definition) is 4. The molecule has 1 heterocycles. The van der Waals surface area contributed by atoms with Gasteiger partial charge < -0.3 is 26.4 Å². The quantitative estimate of drug-likeness (QED) is 0.383. The highest BCUT2D eigenvalue weighted by molar-refractivity contribution is 5.93. The summed E-state index contributed by atoms with van der Waals surface area (Å²) in [5.74, 6) is -3.19. The van der Waals surface area contributed by atoms with Crippen LogP contribution in [0.25, 0.3) is 0 Å². The Bertz CT molecular complexity index is 621. The van der Waals surface area contributed by atoms with Crippen molar-refractivity contribution in [2.45, 2.75) is 71.0 Å². The van der Waals surface area contributed by atoms with E-state index in [4.69, 9.17) is 5.73 Å². The van der Waals surface area contributed by atoms with E-state index in [0.29, 0.717) is 25.8 Å². The van der Waals surface area contributed by atoms with Crippen molar-refractivity contribution in [3.63, 3.8) is 0 Å². The molecule has 0 unspecified atom stereocenters. The maximum absolute atomic E-state index is 12.6. The number of hydrogen-bond acceptors (Lipinski definition) is 5. The first-order chi connectivity index (χ1) is 13.0. The topological polar surface area (TPSA) is 159 Å². The molecule has 1 aliphatic rings. The van der Waals surface area contributed by atoms with Crippen LogP contribution in [-0.2, 0) is 24.0 Å². The molecule has 0 aromatic heterocycles. The van der Waals surface area contributed by atoms with E-state index in [0.717, 1.165) is 0 Å². The van der Waals surface area contributed by atoms with E-state index in [9.17, 15) is 29.1 Å². The number of nitrogens with two attached hydrogens (primary N) is 1. The van der Waals surface area contributed by atoms with E-state index in [1.807, 2.05) is 13.8 Å². The van der Waals surface area contributed by atoms with E-state index in [2.05, 4.69) is 10.6 Å². The number of carboxylic acid groups (broad SMARTS) is 1. The molecule has 3 atom stereocenters. The second kappa shape index (κ2) is 10.6. The minimum Gasteiger partial charge on any atom is -0.480 e. The highest BCUT2D eigenvalue weighted by Crippen LogP contribution is 2.18. The third kappa shape index (κ3) is 7.16. The van der Waals surface area contributed by atoms with Crippen molar-refractivity contribution in [3.8, 4) is 0 Å². The van der Waals surface area contributed by atoms with Crippen molar-refractivity contribution in [1.29, 1.82) is 0 Å². The van der Waals surface area contributed by atoms with E-state index in [1.54, 1.807) is 0 Å². The van der Waals surface area contributed by atoms with Crippen molar-refractivity contribution in [2.75, 3.05) is 6.54 Å². The van der Waals surface area contributed by atoms with Gasteiger partial charge in [-0.1, -0.05) is 13.8 Å². The third-order valence-electron chi connectivity index (χ3n) is 4.59. The Morgan fingerprint density at radius 2 is 1.79 bits per heavy atom. The Morgan fingerprint density at radius 1 is 1.14 bits per heavy atom. The summed E-state index contributed by atoms with van der Waals surface area (Å²) in [5.41, 5.74) is 5.04. The molecule has 0 bridgehead atoms. The van der Waals surface area contributed by atoms with Gasteiger partial charge in [0, 0.05) is 19.9 Å². The first-order valence-electron chi connectivity index (χ1n) is 9.42. The second-order valence-electron chi connectivity index (χ2n) is 7.47. The lowest BCUT2D eigenvalue weighted by molar-refractivity contribution is -0.143. The normalized spacial score (nSPS) is 18.4. The SMILES string of the molecule is CC(=O)N1CCC[C@H]1C(=O)N[C@@H](CC(C)C)C(=O)N[C@@H](CCC(N)=O)C(=O)O. The van der Waals surface area contributed by atoms with Crippen LogP contribution in [0.2, 0.25) is 0 Å². The molecule has 0 saturated carbocycles. The molecule has 10 nitrogen and oxygen atoms in total. The predicted octanol–water partition coefficient (Wildman–Crippen LogP) is -0.637. The lowest BCUT2D eigenvalue weighted by Gasteiger charge is -2.27. The van der Waals surface area contributed by atoms with E-state index in [-0.39, 0.29) is 24.7 Å². The maximum atomic E-state index is 12.6. The van der Waals surface area contributed by atoms with Gasteiger partial charge in [0.05, 0.1) is 0 Å². The lowest BCUT2D eigenvalue weighted by atomic mass is 10.0. The molecule has 0 aromatic rings. The molecule has 28 heavy (non-hydrogen) atoms. The van der Waals surface area contributed by atoms with Crippen LogP contribution in [0.5, 0.6) is 0 Å². The zero-order valence-electron chi connectivity index (χ0n) is 16.6. The summed E-state index contributed by atoms with van der Waals surface area (Å²) in [6.07, 6.45) is 1.19. The number of carbonyl (C=O) groups excluding carboxylic acids is 4. The zero-order valence-corrected chi connectivity index (χ0v) is 16.6. The molecular formula is C18H30N4O6. The minimum absolute atomic E-state index is 0.0532. The number of amides is 4. The molecule has 0 radical (unpaired) electrons. The van der Waals surface area contributed by atoms with Crippen LogP contribution in [0, 0.1) is 5.92 Å². The van der Waals surface area contributed by atoms with Gasteiger partial charge in [-0.3, -0.25) is 19.2 Å². The fraction of sp³-hybridized carbons (Fsp3) is 0.722. The summed E-state index contributed by atoms with van der Waals surface area (Å²) >= 11 is 0. The summed E-state index contributed by atoms with van der Waals surface area (Å²) in [6.45, 7) is 5.61. The average molecular weight is 398 g/mol. The van der Waals surface area contributed by atoms with E-state index in [1.165, 1.54) is 11.8 Å². The van der Waals surface area contributed by atoms with Crippen LogP contribution >= 0.6 is 0 Å². The molecule has 4 amide bonds. The predicted molar refractivity (Wildman–Crippen MR) is 99.8 cm³/mol. The van der Waals surface area contributed by atoms with Gasteiger partial charge in [-0.05, 0) is 31.6 Å². The Hall–Kier alpha value is -2.65. The standard InChI is InChI=1S/C18H30N4O6/c1-10(2)9-13(16(25)20-12(18(27)28)6-7-15(19)24)21-17(26)14-5-4-8-22(14)11(3)23/h10,12-14H,4-9H2,1-3H3,(H2,19,24)(H,20,25)(H,21,26)(H,27,28)/t12-,13-,14-/m0/s1.